The van der Waals surface area contributed by atoms with Gasteiger partial charge in [-0.15, -0.1) is 0 Å². The van der Waals surface area contributed by atoms with Crippen LogP contribution < -0.4 is 5.32 Å². The van der Waals surface area contributed by atoms with Gasteiger partial charge in [-0.05, 0) is 36.3 Å². The molecular weight excluding hydrogens is 347 g/mol. The summed E-state index contributed by atoms with van der Waals surface area (Å²) in [5.74, 6) is -0.383. The Kier molecular flexibility index (Phi) is 4.60. The fourth-order valence-corrected chi connectivity index (χ4v) is 2.83. The number of carbonyl (C=O) groups excluding carboxylic acids is 2. The van der Waals surface area contributed by atoms with E-state index < -0.39 is 6.03 Å². The van der Waals surface area contributed by atoms with E-state index in [1.807, 2.05) is 31.2 Å². The highest BCUT2D eigenvalue weighted by atomic mass is 35.5. The van der Waals surface area contributed by atoms with Crippen molar-refractivity contribution >= 4 is 41.2 Å². The second-order valence-corrected chi connectivity index (χ2v) is 6.37. The molecule has 24 heavy (non-hydrogen) atoms. The zero-order valence-corrected chi connectivity index (χ0v) is 14.4. The minimum absolute atomic E-state index is 0.191. The Labute approximate surface area is 149 Å². The van der Waals surface area contributed by atoms with Gasteiger partial charge in [0.1, 0.15) is 5.70 Å². The molecule has 1 fully saturated rings. The standard InChI is InChI=1S/C18H14Cl2N2O2/c1-11-2-4-12(5-3-11)10-22-17(23)16(21-18(22)24)8-13-6-7-14(19)9-15(13)20/h2-9H,10H2,1H3,(H,21,24)/b16-8+. The molecule has 2 aromatic rings. The van der Waals surface area contributed by atoms with Gasteiger partial charge in [0.15, 0.2) is 0 Å². The van der Waals surface area contributed by atoms with Crippen LogP contribution in [0.25, 0.3) is 6.08 Å². The number of amides is 3. The van der Waals surface area contributed by atoms with E-state index >= 15 is 0 Å². The van der Waals surface area contributed by atoms with Crippen molar-refractivity contribution < 1.29 is 9.59 Å². The van der Waals surface area contributed by atoms with E-state index in [9.17, 15) is 9.59 Å². The number of nitrogens with zero attached hydrogens (tertiary/aromatic N) is 1. The zero-order valence-electron chi connectivity index (χ0n) is 12.8. The third-order valence-corrected chi connectivity index (χ3v) is 4.25. The van der Waals surface area contributed by atoms with Crippen LogP contribution in [0.5, 0.6) is 0 Å². The Morgan fingerprint density at radius 2 is 1.79 bits per heavy atom. The Morgan fingerprint density at radius 1 is 1.08 bits per heavy atom. The molecule has 3 rings (SSSR count). The summed E-state index contributed by atoms with van der Waals surface area (Å²) in [6.45, 7) is 2.20. The third-order valence-electron chi connectivity index (χ3n) is 3.69. The molecule has 1 heterocycles. The van der Waals surface area contributed by atoms with Crippen molar-refractivity contribution in [2.45, 2.75) is 13.5 Å². The van der Waals surface area contributed by atoms with Gasteiger partial charge in [0.25, 0.3) is 5.91 Å². The first-order chi connectivity index (χ1) is 11.4. The van der Waals surface area contributed by atoms with Crippen molar-refractivity contribution in [1.82, 2.24) is 10.2 Å². The number of benzene rings is 2. The van der Waals surface area contributed by atoms with Crippen LogP contribution in [0.3, 0.4) is 0 Å². The highest BCUT2D eigenvalue weighted by Gasteiger charge is 2.33. The minimum Gasteiger partial charge on any atom is -0.303 e. The molecule has 122 valence electrons. The van der Waals surface area contributed by atoms with Crippen LogP contribution in [-0.2, 0) is 11.3 Å². The Balaban J connectivity index is 1.83. The summed E-state index contributed by atoms with van der Waals surface area (Å²) in [6, 6.07) is 12.2. The van der Waals surface area contributed by atoms with E-state index in [0.717, 1.165) is 11.1 Å². The van der Waals surface area contributed by atoms with Gasteiger partial charge in [-0.2, -0.15) is 0 Å². The summed E-state index contributed by atoms with van der Waals surface area (Å²) >= 11 is 12.0. The first-order valence-corrected chi connectivity index (χ1v) is 8.05. The molecule has 0 spiro atoms. The average Bonchev–Trinajstić information content (AvgIpc) is 2.80. The quantitative estimate of drug-likeness (QED) is 0.651. The first-order valence-electron chi connectivity index (χ1n) is 7.29. The van der Waals surface area contributed by atoms with Gasteiger partial charge in [-0.3, -0.25) is 9.69 Å². The molecular formula is C18H14Cl2N2O2. The number of urea groups is 1. The van der Waals surface area contributed by atoms with Gasteiger partial charge in [0.2, 0.25) is 0 Å². The molecule has 3 amide bonds. The van der Waals surface area contributed by atoms with Crippen molar-refractivity contribution in [1.29, 1.82) is 0 Å². The molecule has 1 aliphatic rings. The number of carbonyl (C=O) groups is 2. The molecule has 1 aliphatic heterocycles. The largest absolute Gasteiger partial charge is 0.329 e. The van der Waals surface area contributed by atoms with Crippen molar-refractivity contribution in [3.8, 4) is 0 Å². The van der Waals surface area contributed by atoms with Crippen LogP contribution in [0.1, 0.15) is 16.7 Å². The van der Waals surface area contributed by atoms with E-state index in [0.29, 0.717) is 15.6 Å². The maximum atomic E-state index is 12.5. The maximum Gasteiger partial charge on any atom is 0.329 e. The summed E-state index contributed by atoms with van der Waals surface area (Å²) in [6.07, 6.45) is 1.55. The second kappa shape index (κ2) is 6.67. The molecule has 0 saturated carbocycles. The molecule has 0 aliphatic carbocycles. The number of halogens is 2. The van der Waals surface area contributed by atoms with Crippen LogP contribution in [0.4, 0.5) is 4.79 Å². The molecule has 1 saturated heterocycles. The summed E-state index contributed by atoms with van der Waals surface area (Å²) < 4.78 is 0. The molecule has 0 radical (unpaired) electrons. The lowest BCUT2D eigenvalue weighted by atomic mass is 10.1. The van der Waals surface area contributed by atoms with E-state index in [1.165, 1.54) is 4.90 Å². The molecule has 2 aromatic carbocycles. The minimum atomic E-state index is -0.447. The number of hydrogen-bond donors (Lipinski definition) is 1. The zero-order chi connectivity index (χ0) is 17.3. The Bertz CT molecular complexity index is 845. The maximum absolute atomic E-state index is 12.5. The predicted octanol–water partition coefficient (Wildman–Crippen LogP) is 4.39. The van der Waals surface area contributed by atoms with Crippen LogP contribution >= 0.6 is 23.2 Å². The lowest BCUT2D eigenvalue weighted by molar-refractivity contribution is -0.123. The van der Waals surface area contributed by atoms with Crippen LogP contribution in [-0.4, -0.2) is 16.8 Å². The van der Waals surface area contributed by atoms with Crippen LogP contribution in [0, 0.1) is 6.92 Å². The lowest BCUT2D eigenvalue weighted by Crippen LogP contribution is -2.30. The smallest absolute Gasteiger partial charge is 0.303 e. The van der Waals surface area contributed by atoms with Crippen molar-refractivity contribution in [3.63, 3.8) is 0 Å². The molecule has 0 atom stereocenters. The predicted molar refractivity (Wildman–Crippen MR) is 94.7 cm³/mol. The lowest BCUT2D eigenvalue weighted by Gasteiger charge is -2.11. The fraction of sp³-hybridized carbons (Fsp3) is 0.111. The summed E-state index contributed by atoms with van der Waals surface area (Å²) in [7, 11) is 0. The molecule has 6 heteroatoms. The number of rotatable bonds is 3. The molecule has 0 unspecified atom stereocenters. The monoisotopic (exact) mass is 360 g/mol. The van der Waals surface area contributed by atoms with Crippen LogP contribution in [0.2, 0.25) is 10.0 Å². The van der Waals surface area contributed by atoms with Crippen molar-refractivity contribution in [2.75, 3.05) is 0 Å². The number of nitrogens with one attached hydrogen (secondary N) is 1. The normalized spacial score (nSPS) is 16.0. The fourth-order valence-electron chi connectivity index (χ4n) is 2.37. The molecule has 4 nitrogen and oxygen atoms in total. The topological polar surface area (TPSA) is 49.4 Å². The number of aryl methyl sites for hydroxylation is 1. The third kappa shape index (κ3) is 3.45. The second-order valence-electron chi connectivity index (χ2n) is 5.53. The number of hydrogen-bond acceptors (Lipinski definition) is 2. The van der Waals surface area contributed by atoms with Crippen LogP contribution in [0.15, 0.2) is 48.2 Å². The highest BCUT2D eigenvalue weighted by Crippen LogP contribution is 2.24. The van der Waals surface area contributed by atoms with Crippen molar-refractivity contribution in [3.05, 3.63) is 74.9 Å². The summed E-state index contributed by atoms with van der Waals surface area (Å²) in [5, 5.41) is 3.50. The SMILES string of the molecule is Cc1ccc(CN2C(=O)N/C(=C/c3ccc(Cl)cc3Cl)C2=O)cc1. The number of imide groups is 1. The van der Waals surface area contributed by atoms with Gasteiger partial charge < -0.3 is 5.32 Å². The van der Waals surface area contributed by atoms with E-state index in [-0.39, 0.29) is 18.1 Å². The van der Waals surface area contributed by atoms with E-state index in [4.69, 9.17) is 23.2 Å². The van der Waals surface area contributed by atoms with Gasteiger partial charge in [-0.25, -0.2) is 4.79 Å². The Morgan fingerprint density at radius 3 is 2.46 bits per heavy atom. The van der Waals surface area contributed by atoms with Crippen molar-refractivity contribution in [2.24, 2.45) is 0 Å². The average molecular weight is 361 g/mol. The Hall–Kier alpha value is -2.30. The van der Waals surface area contributed by atoms with Gasteiger partial charge >= 0.3 is 6.03 Å². The van der Waals surface area contributed by atoms with E-state index in [1.54, 1.807) is 24.3 Å². The summed E-state index contributed by atoms with van der Waals surface area (Å²) in [4.78, 5) is 25.7. The molecule has 0 aromatic heterocycles. The highest BCUT2D eigenvalue weighted by molar-refractivity contribution is 6.35. The summed E-state index contributed by atoms with van der Waals surface area (Å²) in [5.41, 5.74) is 2.81. The molecule has 1 N–H and O–H groups in total. The molecule has 0 bridgehead atoms. The van der Waals surface area contributed by atoms with E-state index in [2.05, 4.69) is 5.32 Å². The van der Waals surface area contributed by atoms with Gasteiger partial charge in [-0.1, -0.05) is 59.1 Å². The van der Waals surface area contributed by atoms with Gasteiger partial charge in [0, 0.05) is 10.0 Å². The first kappa shape index (κ1) is 16.6. The van der Waals surface area contributed by atoms with Gasteiger partial charge in [0.05, 0.1) is 6.54 Å².